The van der Waals surface area contributed by atoms with E-state index in [2.05, 4.69) is 20.8 Å². The van der Waals surface area contributed by atoms with Crippen LogP contribution in [-0.4, -0.2) is 17.0 Å². The minimum Gasteiger partial charge on any atom is -0.393 e. The van der Waals surface area contributed by atoms with Crippen molar-refractivity contribution in [3.8, 4) is 0 Å². The fourth-order valence-electron chi connectivity index (χ4n) is 7.38. The van der Waals surface area contributed by atoms with E-state index in [9.17, 15) is 9.90 Å². The first-order valence-electron chi connectivity index (χ1n) is 9.52. The molecule has 0 aromatic carbocycles. The van der Waals surface area contributed by atoms with Crippen LogP contribution in [-0.2, 0) is 4.79 Å². The number of carbonyl (C=O) groups is 1. The van der Waals surface area contributed by atoms with Gasteiger partial charge in [-0.05, 0) is 80.0 Å². The Balaban J connectivity index is 1.68. The highest BCUT2D eigenvalue weighted by Gasteiger charge is 2.63. The fraction of sp³-hybridized carbons (Fsp3) is 0.950. The van der Waals surface area contributed by atoms with Gasteiger partial charge in [-0.2, -0.15) is 0 Å². The Kier molecular flexibility index (Phi) is 3.16. The van der Waals surface area contributed by atoms with Crippen LogP contribution in [0, 0.1) is 34.0 Å². The van der Waals surface area contributed by atoms with Crippen LogP contribution < -0.4 is 0 Å². The van der Waals surface area contributed by atoms with Crippen LogP contribution in [0.5, 0.6) is 0 Å². The first kappa shape index (κ1) is 15.2. The molecule has 0 aliphatic heterocycles. The zero-order valence-electron chi connectivity index (χ0n) is 14.5. The van der Waals surface area contributed by atoms with Gasteiger partial charge in [0.1, 0.15) is 5.78 Å². The number of hydrogen-bond acceptors (Lipinski definition) is 2. The summed E-state index contributed by atoms with van der Waals surface area (Å²) in [6.07, 6.45) is 9.95. The van der Waals surface area contributed by atoms with E-state index < -0.39 is 0 Å². The molecule has 0 aromatic rings. The molecule has 1 N–H and O–H groups in total. The van der Waals surface area contributed by atoms with Crippen molar-refractivity contribution in [1.29, 1.82) is 0 Å². The van der Waals surface area contributed by atoms with Crippen LogP contribution in [0.2, 0.25) is 0 Å². The summed E-state index contributed by atoms with van der Waals surface area (Å²) >= 11 is 0. The third kappa shape index (κ3) is 1.74. The van der Waals surface area contributed by atoms with Crippen molar-refractivity contribution in [3.63, 3.8) is 0 Å². The second-order valence-electron chi connectivity index (χ2n) is 9.71. The molecular formula is C20H32O2. The third-order valence-electron chi connectivity index (χ3n) is 9.06. The van der Waals surface area contributed by atoms with Gasteiger partial charge in [0.2, 0.25) is 0 Å². The lowest BCUT2D eigenvalue weighted by atomic mass is 9.40. The highest BCUT2D eigenvalue weighted by atomic mass is 16.3. The number of rotatable bonds is 0. The van der Waals surface area contributed by atoms with Gasteiger partial charge >= 0.3 is 0 Å². The van der Waals surface area contributed by atoms with Gasteiger partial charge in [0.05, 0.1) is 6.10 Å². The Morgan fingerprint density at radius 1 is 0.955 bits per heavy atom. The highest BCUT2D eigenvalue weighted by Crippen LogP contribution is 2.69. The Morgan fingerprint density at radius 2 is 1.73 bits per heavy atom. The zero-order valence-corrected chi connectivity index (χ0v) is 14.5. The largest absolute Gasteiger partial charge is 0.393 e. The standard InChI is InChI=1S/C20H32O2/c1-18-9-7-14-15-4-5-17(22)19(15,2)10-8-16(14)20(18,3)11-6-13(21)12-18/h13-16,21H,4-12H2,1-3H3/t13-,14+,15+,16+,18+,19-,20+/m1/s1. The van der Waals surface area contributed by atoms with Gasteiger partial charge in [-0.25, -0.2) is 0 Å². The predicted molar refractivity (Wildman–Crippen MR) is 87.4 cm³/mol. The summed E-state index contributed by atoms with van der Waals surface area (Å²) in [6.45, 7) is 7.23. The maximum Gasteiger partial charge on any atom is 0.139 e. The Morgan fingerprint density at radius 3 is 2.50 bits per heavy atom. The maximum atomic E-state index is 12.4. The number of Topliss-reactive ketones (excluding diaryl/α,β-unsaturated/α-hetero) is 1. The van der Waals surface area contributed by atoms with Crippen molar-refractivity contribution in [2.75, 3.05) is 0 Å². The smallest absolute Gasteiger partial charge is 0.139 e. The summed E-state index contributed by atoms with van der Waals surface area (Å²) in [6, 6.07) is 0. The number of aliphatic hydroxyl groups excluding tert-OH is 1. The molecule has 7 atom stereocenters. The molecule has 4 fully saturated rings. The Labute approximate surface area is 135 Å². The van der Waals surface area contributed by atoms with Gasteiger partial charge in [-0.3, -0.25) is 4.79 Å². The number of aliphatic hydroxyl groups is 1. The fourth-order valence-corrected chi connectivity index (χ4v) is 7.38. The summed E-state index contributed by atoms with van der Waals surface area (Å²) < 4.78 is 0. The quantitative estimate of drug-likeness (QED) is 0.722. The summed E-state index contributed by atoms with van der Waals surface area (Å²) in [4.78, 5) is 12.4. The van der Waals surface area contributed by atoms with Crippen LogP contribution >= 0.6 is 0 Å². The molecular weight excluding hydrogens is 272 g/mol. The van der Waals surface area contributed by atoms with Crippen LogP contribution in [0.1, 0.15) is 78.6 Å². The van der Waals surface area contributed by atoms with E-state index in [1.807, 2.05) is 0 Å². The molecule has 0 unspecified atom stereocenters. The van der Waals surface area contributed by atoms with Gasteiger partial charge in [0, 0.05) is 11.8 Å². The molecule has 0 bridgehead atoms. The topological polar surface area (TPSA) is 37.3 Å². The molecule has 0 amide bonds. The molecule has 0 spiro atoms. The van der Waals surface area contributed by atoms with Crippen molar-refractivity contribution < 1.29 is 9.90 Å². The maximum absolute atomic E-state index is 12.4. The van der Waals surface area contributed by atoms with Crippen molar-refractivity contribution in [1.82, 2.24) is 0 Å². The van der Waals surface area contributed by atoms with Crippen LogP contribution in [0.3, 0.4) is 0 Å². The van der Waals surface area contributed by atoms with Crippen molar-refractivity contribution in [2.45, 2.75) is 84.7 Å². The molecule has 4 rings (SSSR count). The van der Waals surface area contributed by atoms with Gasteiger partial charge in [0.15, 0.2) is 0 Å². The average molecular weight is 304 g/mol. The lowest BCUT2D eigenvalue weighted by Crippen LogP contribution is -2.58. The van der Waals surface area contributed by atoms with Crippen LogP contribution in [0.25, 0.3) is 0 Å². The van der Waals surface area contributed by atoms with Crippen LogP contribution in [0.15, 0.2) is 0 Å². The molecule has 2 heteroatoms. The van der Waals surface area contributed by atoms with Gasteiger partial charge in [-0.15, -0.1) is 0 Å². The molecule has 4 aliphatic carbocycles. The SMILES string of the molecule is C[C@@]12CC[C@H]3[C@@H]4CCC(=O)[C@]4(C)CC[C@@H]3[C@]1(C)CC[C@@H](O)C2. The van der Waals surface area contributed by atoms with Gasteiger partial charge in [-0.1, -0.05) is 20.8 Å². The van der Waals surface area contributed by atoms with E-state index >= 15 is 0 Å². The first-order chi connectivity index (χ1) is 10.3. The summed E-state index contributed by atoms with van der Waals surface area (Å²) in [5, 5.41) is 10.2. The number of carbonyl (C=O) groups excluding carboxylic acids is 1. The lowest BCUT2D eigenvalue weighted by molar-refractivity contribution is -0.169. The molecule has 2 nitrogen and oxygen atoms in total. The summed E-state index contributed by atoms with van der Waals surface area (Å²) in [5.74, 6) is 2.74. The van der Waals surface area contributed by atoms with Gasteiger partial charge < -0.3 is 5.11 Å². The molecule has 0 aromatic heterocycles. The highest BCUT2D eigenvalue weighted by molar-refractivity contribution is 5.87. The van der Waals surface area contributed by atoms with Crippen molar-refractivity contribution >= 4 is 5.78 Å². The molecule has 0 radical (unpaired) electrons. The number of hydrogen-bond donors (Lipinski definition) is 1. The van der Waals surface area contributed by atoms with Crippen LogP contribution in [0.4, 0.5) is 0 Å². The van der Waals surface area contributed by atoms with E-state index in [-0.39, 0.29) is 11.5 Å². The first-order valence-corrected chi connectivity index (χ1v) is 9.52. The van der Waals surface area contributed by atoms with E-state index in [0.717, 1.165) is 43.9 Å². The molecule has 0 saturated heterocycles. The van der Waals surface area contributed by atoms with Crippen molar-refractivity contribution in [2.24, 2.45) is 34.0 Å². The molecule has 4 aliphatic rings. The number of ketones is 1. The Bertz CT molecular complexity index is 500. The van der Waals surface area contributed by atoms with E-state index in [4.69, 9.17) is 0 Å². The second kappa shape index (κ2) is 4.59. The lowest BCUT2D eigenvalue weighted by Gasteiger charge is -2.64. The van der Waals surface area contributed by atoms with Crippen molar-refractivity contribution in [3.05, 3.63) is 0 Å². The zero-order chi connectivity index (χ0) is 15.8. The Hall–Kier alpha value is -0.370. The molecule has 22 heavy (non-hydrogen) atoms. The average Bonchev–Trinajstić information content (AvgIpc) is 2.76. The predicted octanol–water partition coefficient (Wildman–Crippen LogP) is 4.35. The van der Waals surface area contributed by atoms with Gasteiger partial charge in [0.25, 0.3) is 0 Å². The molecule has 0 heterocycles. The second-order valence-corrected chi connectivity index (χ2v) is 9.71. The molecule has 124 valence electrons. The normalized spacial score (nSPS) is 57.9. The summed E-state index contributed by atoms with van der Waals surface area (Å²) in [5.41, 5.74) is 0.684. The number of fused-ring (bicyclic) bond motifs is 5. The minimum absolute atomic E-state index is 0.000547. The van der Waals surface area contributed by atoms with E-state index in [1.54, 1.807) is 0 Å². The third-order valence-corrected chi connectivity index (χ3v) is 9.06. The van der Waals surface area contributed by atoms with E-state index in [1.165, 1.54) is 25.7 Å². The minimum atomic E-state index is -0.0865. The summed E-state index contributed by atoms with van der Waals surface area (Å²) in [7, 11) is 0. The molecule has 4 saturated carbocycles. The monoisotopic (exact) mass is 304 g/mol. The van der Waals surface area contributed by atoms with E-state index in [0.29, 0.717) is 22.5 Å².